The molecule has 0 fully saturated rings. The molecule has 0 amide bonds. The molecular weight excluding hydrogens is 312 g/mol. The molecule has 0 bridgehead atoms. The monoisotopic (exact) mass is 334 g/mol. The van der Waals surface area contributed by atoms with Gasteiger partial charge in [0.05, 0.1) is 0 Å². The van der Waals surface area contributed by atoms with Crippen molar-refractivity contribution in [2.75, 3.05) is 0 Å². The average Bonchev–Trinajstić information content (AvgIpc) is 3.16. The lowest BCUT2D eigenvalue weighted by atomic mass is 9.87. The summed E-state index contributed by atoms with van der Waals surface area (Å²) in [6, 6.07) is 12.1. The number of oxazole rings is 2. The Bertz CT molecular complexity index is 1060. The third-order valence-electron chi connectivity index (χ3n) is 4.40. The van der Waals surface area contributed by atoms with E-state index in [4.69, 9.17) is 8.83 Å². The molecule has 0 N–H and O–H groups in total. The number of aromatic nitrogens is 2. The van der Waals surface area contributed by atoms with E-state index >= 15 is 0 Å². The normalized spacial score (nSPS) is 12.6. The van der Waals surface area contributed by atoms with Crippen LogP contribution in [0.3, 0.4) is 0 Å². The van der Waals surface area contributed by atoms with Gasteiger partial charge in [0.25, 0.3) is 0 Å². The SMILES string of the molecule is CC(C)c1nc2cc(-c3nc4ccc(C(C)(C)C)cc4o3)ccc2o1. The van der Waals surface area contributed by atoms with Gasteiger partial charge in [-0.3, -0.25) is 0 Å². The van der Waals surface area contributed by atoms with Gasteiger partial charge in [-0.1, -0.05) is 40.7 Å². The van der Waals surface area contributed by atoms with Crippen molar-refractivity contribution >= 4 is 22.2 Å². The quantitative estimate of drug-likeness (QED) is 0.447. The van der Waals surface area contributed by atoms with E-state index in [2.05, 4.69) is 56.7 Å². The fraction of sp³-hybridized carbons (Fsp3) is 0.333. The number of nitrogens with zero attached hydrogens (tertiary/aromatic N) is 2. The molecule has 4 rings (SSSR count). The lowest BCUT2D eigenvalue weighted by molar-refractivity contribution is 0.501. The molecule has 25 heavy (non-hydrogen) atoms. The van der Waals surface area contributed by atoms with Crippen molar-refractivity contribution in [3.8, 4) is 11.5 Å². The maximum atomic E-state index is 6.02. The first-order chi connectivity index (χ1) is 11.8. The molecule has 2 aromatic carbocycles. The maximum Gasteiger partial charge on any atom is 0.227 e. The minimum absolute atomic E-state index is 0.0774. The Kier molecular flexibility index (Phi) is 3.46. The second-order valence-electron chi connectivity index (χ2n) is 7.84. The van der Waals surface area contributed by atoms with Gasteiger partial charge in [0.1, 0.15) is 11.0 Å². The first-order valence-electron chi connectivity index (χ1n) is 8.63. The summed E-state index contributed by atoms with van der Waals surface area (Å²) in [5, 5.41) is 0. The second kappa shape index (κ2) is 5.45. The van der Waals surface area contributed by atoms with E-state index in [0.717, 1.165) is 33.7 Å². The molecule has 4 nitrogen and oxygen atoms in total. The molecule has 0 radical (unpaired) electrons. The molecule has 2 aromatic heterocycles. The first kappa shape index (κ1) is 15.9. The Hall–Kier alpha value is -2.62. The van der Waals surface area contributed by atoms with Crippen LogP contribution in [-0.2, 0) is 5.41 Å². The van der Waals surface area contributed by atoms with Crippen LogP contribution in [0.25, 0.3) is 33.7 Å². The van der Waals surface area contributed by atoms with Crippen LogP contribution in [0, 0.1) is 0 Å². The molecule has 0 atom stereocenters. The molecule has 128 valence electrons. The molecule has 4 aromatic rings. The average molecular weight is 334 g/mol. The first-order valence-corrected chi connectivity index (χ1v) is 8.63. The summed E-state index contributed by atoms with van der Waals surface area (Å²) in [4.78, 5) is 9.19. The van der Waals surface area contributed by atoms with Crippen molar-refractivity contribution in [3.63, 3.8) is 0 Å². The maximum absolute atomic E-state index is 6.02. The highest BCUT2D eigenvalue weighted by Crippen LogP contribution is 2.31. The van der Waals surface area contributed by atoms with E-state index in [1.165, 1.54) is 5.56 Å². The van der Waals surface area contributed by atoms with Gasteiger partial charge in [-0.15, -0.1) is 0 Å². The Labute approximate surface area is 146 Å². The molecular formula is C21H22N2O2. The van der Waals surface area contributed by atoms with E-state index in [-0.39, 0.29) is 11.3 Å². The van der Waals surface area contributed by atoms with Crippen molar-refractivity contribution in [2.45, 2.75) is 46.0 Å². The Morgan fingerprint density at radius 3 is 2.36 bits per heavy atom. The van der Waals surface area contributed by atoms with Crippen LogP contribution in [0.1, 0.15) is 52.0 Å². The summed E-state index contributed by atoms with van der Waals surface area (Å²) < 4.78 is 11.8. The van der Waals surface area contributed by atoms with E-state index in [1.54, 1.807) is 0 Å². The summed E-state index contributed by atoms with van der Waals surface area (Å²) in [5.41, 5.74) is 5.52. The van der Waals surface area contributed by atoms with E-state index in [0.29, 0.717) is 5.89 Å². The van der Waals surface area contributed by atoms with Gasteiger partial charge in [-0.2, -0.15) is 0 Å². The highest BCUT2D eigenvalue weighted by molar-refractivity contribution is 5.81. The van der Waals surface area contributed by atoms with Crippen LogP contribution >= 0.6 is 0 Å². The largest absolute Gasteiger partial charge is 0.440 e. The number of rotatable bonds is 2. The number of benzene rings is 2. The topological polar surface area (TPSA) is 52.1 Å². The van der Waals surface area contributed by atoms with Crippen LogP contribution in [-0.4, -0.2) is 9.97 Å². The van der Waals surface area contributed by atoms with Crippen molar-refractivity contribution in [2.24, 2.45) is 0 Å². The minimum Gasteiger partial charge on any atom is -0.440 e. The van der Waals surface area contributed by atoms with E-state index in [1.807, 2.05) is 24.3 Å². The van der Waals surface area contributed by atoms with E-state index < -0.39 is 0 Å². The zero-order valence-corrected chi connectivity index (χ0v) is 15.3. The van der Waals surface area contributed by atoms with Crippen LogP contribution in [0.4, 0.5) is 0 Å². The zero-order valence-electron chi connectivity index (χ0n) is 15.3. The summed E-state index contributed by atoms with van der Waals surface area (Å²) in [5.74, 6) is 1.62. The molecule has 0 spiro atoms. The molecule has 0 unspecified atom stereocenters. The van der Waals surface area contributed by atoms with Crippen LogP contribution in [0.2, 0.25) is 0 Å². The standard InChI is InChI=1S/C21H22N2O2/c1-12(2)19-23-16-10-13(6-9-17(16)24-19)20-22-15-8-7-14(21(3,4)5)11-18(15)25-20/h6-12H,1-5H3. The predicted molar refractivity (Wildman–Crippen MR) is 99.8 cm³/mol. The van der Waals surface area contributed by atoms with Crippen molar-refractivity contribution < 1.29 is 8.83 Å². The zero-order chi connectivity index (χ0) is 17.8. The lowest BCUT2D eigenvalue weighted by Crippen LogP contribution is -2.10. The number of fused-ring (bicyclic) bond motifs is 2. The van der Waals surface area contributed by atoms with Crippen LogP contribution in [0.5, 0.6) is 0 Å². The summed E-state index contributed by atoms with van der Waals surface area (Å²) in [6.45, 7) is 10.7. The molecule has 0 aliphatic rings. The summed E-state index contributed by atoms with van der Waals surface area (Å²) >= 11 is 0. The predicted octanol–water partition coefficient (Wildman–Crippen LogP) is 6.06. The molecule has 4 heteroatoms. The second-order valence-corrected chi connectivity index (χ2v) is 7.84. The fourth-order valence-corrected chi connectivity index (χ4v) is 2.84. The Balaban J connectivity index is 1.79. The van der Waals surface area contributed by atoms with E-state index in [9.17, 15) is 0 Å². The number of hydrogen-bond acceptors (Lipinski definition) is 4. The molecule has 2 heterocycles. The third-order valence-corrected chi connectivity index (χ3v) is 4.40. The van der Waals surface area contributed by atoms with Gasteiger partial charge in [0, 0.05) is 11.5 Å². The molecule has 0 aliphatic heterocycles. The van der Waals surface area contributed by atoms with Crippen LogP contribution < -0.4 is 0 Å². The van der Waals surface area contributed by atoms with Gasteiger partial charge < -0.3 is 8.83 Å². The minimum atomic E-state index is 0.0774. The van der Waals surface area contributed by atoms with Crippen molar-refractivity contribution in [3.05, 3.63) is 47.9 Å². The van der Waals surface area contributed by atoms with Gasteiger partial charge in [-0.25, -0.2) is 9.97 Å². The number of hydrogen-bond donors (Lipinski definition) is 0. The smallest absolute Gasteiger partial charge is 0.227 e. The van der Waals surface area contributed by atoms with Crippen molar-refractivity contribution in [1.82, 2.24) is 9.97 Å². The lowest BCUT2D eigenvalue weighted by Gasteiger charge is -2.18. The molecule has 0 saturated carbocycles. The Morgan fingerprint density at radius 2 is 1.64 bits per heavy atom. The summed E-state index contributed by atoms with van der Waals surface area (Å²) in [7, 11) is 0. The van der Waals surface area contributed by atoms with Crippen molar-refractivity contribution in [1.29, 1.82) is 0 Å². The molecule has 0 aliphatic carbocycles. The van der Waals surface area contributed by atoms with Gasteiger partial charge in [-0.05, 0) is 41.3 Å². The highest BCUT2D eigenvalue weighted by Gasteiger charge is 2.17. The molecule has 0 saturated heterocycles. The fourth-order valence-electron chi connectivity index (χ4n) is 2.84. The highest BCUT2D eigenvalue weighted by atomic mass is 16.4. The van der Waals surface area contributed by atoms with Gasteiger partial charge >= 0.3 is 0 Å². The van der Waals surface area contributed by atoms with Gasteiger partial charge in [0.15, 0.2) is 17.1 Å². The van der Waals surface area contributed by atoms with Crippen LogP contribution in [0.15, 0.2) is 45.2 Å². The van der Waals surface area contributed by atoms with Gasteiger partial charge in [0.2, 0.25) is 5.89 Å². The Morgan fingerprint density at radius 1 is 0.840 bits per heavy atom. The summed E-state index contributed by atoms with van der Waals surface area (Å²) in [6.07, 6.45) is 0. The third kappa shape index (κ3) is 2.82.